The van der Waals surface area contributed by atoms with Crippen molar-refractivity contribution in [3.63, 3.8) is 0 Å². The molecule has 7 aromatic rings. The van der Waals surface area contributed by atoms with Gasteiger partial charge in [0.15, 0.2) is 28.8 Å². The van der Waals surface area contributed by atoms with Crippen LogP contribution in [0, 0.1) is 11.8 Å². The Kier molecular flexibility index (Phi) is 12.4. The van der Waals surface area contributed by atoms with Crippen LogP contribution in [-0.2, 0) is 21.6 Å². The maximum Gasteiger partial charge on any atom is 0.343 e. The van der Waals surface area contributed by atoms with E-state index >= 15 is 0 Å². The van der Waals surface area contributed by atoms with E-state index in [-0.39, 0.29) is 44.7 Å². The van der Waals surface area contributed by atoms with E-state index in [0.29, 0.717) is 0 Å². The van der Waals surface area contributed by atoms with Crippen molar-refractivity contribution in [1.29, 1.82) is 0 Å². The first-order valence-electron chi connectivity index (χ1n) is 21.6. The van der Waals surface area contributed by atoms with Crippen LogP contribution in [0.25, 0.3) is 0 Å². The first-order valence-corrected chi connectivity index (χ1v) is 21.6. The number of hydrogen-bond donors (Lipinski definition) is 1. The third kappa shape index (κ3) is 8.65. The standard InChI is InChI=1S/C55H37NO14/c1-55-37-28-17-29-39(65-49(59)31-18-7-2-8-19-31)40(37)43(57)41(54(64)70-55)38(55)30-36-44(66-50(60)32-20-9-3-10-21-32)46(68-52(62)34-24-13-5-14-25-34)42(48(56)58)47(69-53(63)35-26-15-6-16-27-35)45(36)67-51(61)33-22-11-4-12-23-33/h2-29,38,41H,30H2,1H3,(H2,56,58)/t38?,41?,55-/m1/s1. The predicted molar refractivity (Wildman–Crippen MR) is 247 cm³/mol. The molecule has 0 spiro atoms. The van der Waals surface area contributed by atoms with Gasteiger partial charge in [0, 0.05) is 17.0 Å². The second kappa shape index (κ2) is 19.0. The van der Waals surface area contributed by atoms with Gasteiger partial charge in [0.2, 0.25) is 0 Å². The largest absolute Gasteiger partial charge is 0.454 e. The van der Waals surface area contributed by atoms with Gasteiger partial charge in [0.1, 0.15) is 22.8 Å². The van der Waals surface area contributed by atoms with Crippen LogP contribution in [0.1, 0.15) is 90.6 Å². The van der Waals surface area contributed by atoms with Crippen molar-refractivity contribution < 1.29 is 66.8 Å². The molecule has 15 heteroatoms. The molecule has 1 amide bonds. The number of amides is 1. The molecule has 2 N–H and O–H groups in total. The zero-order valence-corrected chi connectivity index (χ0v) is 36.8. The highest BCUT2D eigenvalue weighted by atomic mass is 16.6. The molecular formula is C55H37NO14. The number of nitrogens with two attached hydrogens (primary N) is 1. The second-order valence-electron chi connectivity index (χ2n) is 16.2. The van der Waals surface area contributed by atoms with Crippen LogP contribution in [0.4, 0.5) is 0 Å². The molecule has 2 aliphatic rings. The van der Waals surface area contributed by atoms with Crippen molar-refractivity contribution >= 4 is 47.5 Å². The quantitative estimate of drug-likeness (QED) is 0.0653. The monoisotopic (exact) mass is 935 g/mol. The lowest BCUT2D eigenvalue weighted by molar-refractivity contribution is -0.149. The Morgan fingerprint density at radius 2 is 0.843 bits per heavy atom. The van der Waals surface area contributed by atoms with Gasteiger partial charge in [-0.05, 0) is 80.1 Å². The van der Waals surface area contributed by atoms with Crippen molar-refractivity contribution in [1.82, 2.24) is 0 Å². The number of carbonyl (C=O) groups excluding carboxylic acids is 8. The molecule has 70 heavy (non-hydrogen) atoms. The summed E-state index contributed by atoms with van der Waals surface area (Å²) in [7, 11) is 0. The van der Waals surface area contributed by atoms with Crippen molar-refractivity contribution in [2.45, 2.75) is 18.9 Å². The Hall–Kier alpha value is -9.50. The average Bonchev–Trinajstić information content (AvgIpc) is 3.60. The minimum atomic E-state index is -1.77. The van der Waals surface area contributed by atoms with Gasteiger partial charge in [-0.15, -0.1) is 0 Å². The lowest BCUT2D eigenvalue weighted by atomic mass is 9.66. The fourth-order valence-electron chi connectivity index (χ4n) is 8.51. The molecule has 1 aliphatic heterocycles. The molecule has 1 heterocycles. The third-order valence-electron chi connectivity index (χ3n) is 11.9. The number of esters is 6. The fourth-order valence-corrected chi connectivity index (χ4v) is 8.51. The zero-order valence-electron chi connectivity index (χ0n) is 36.8. The van der Waals surface area contributed by atoms with Gasteiger partial charge in [-0.25, -0.2) is 24.0 Å². The van der Waals surface area contributed by atoms with Crippen LogP contribution < -0.4 is 29.4 Å². The first-order chi connectivity index (χ1) is 33.8. The number of ketones is 1. The summed E-state index contributed by atoms with van der Waals surface area (Å²) in [5.74, 6) is -14.7. The molecule has 346 valence electrons. The lowest BCUT2D eigenvalue weighted by Gasteiger charge is -2.37. The Bertz CT molecular complexity index is 3120. The summed E-state index contributed by atoms with van der Waals surface area (Å²) in [4.78, 5) is 113. The fraction of sp³-hybridized carbons (Fsp3) is 0.0909. The number of rotatable bonds is 13. The van der Waals surface area contributed by atoms with E-state index in [2.05, 4.69) is 0 Å². The summed E-state index contributed by atoms with van der Waals surface area (Å²) in [6, 6.07) is 42.5. The number of primary amides is 1. The van der Waals surface area contributed by atoms with Crippen LogP contribution in [0.15, 0.2) is 170 Å². The summed E-state index contributed by atoms with van der Waals surface area (Å²) in [6.07, 6.45) is -0.633. The maximum atomic E-state index is 14.9. The Balaban J connectivity index is 1.30. The molecular weight excluding hydrogens is 899 g/mol. The number of carbonyl (C=O) groups is 8. The number of benzene rings is 7. The number of hydrogen-bond acceptors (Lipinski definition) is 14. The van der Waals surface area contributed by atoms with Crippen molar-refractivity contribution in [2.75, 3.05) is 0 Å². The van der Waals surface area contributed by atoms with Crippen LogP contribution in [-0.4, -0.2) is 47.5 Å². The molecule has 9 rings (SSSR count). The minimum Gasteiger partial charge on any atom is -0.454 e. The minimum absolute atomic E-state index is 0.0401. The first kappa shape index (κ1) is 45.6. The molecule has 1 aliphatic carbocycles. The molecule has 1 fully saturated rings. The molecule has 0 saturated carbocycles. The zero-order chi connectivity index (χ0) is 49.1. The Morgan fingerprint density at radius 1 is 0.486 bits per heavy atom. The molecule has 3 atom stereocenters. The summed E-state index contributed by atoms with van der Waals surface area (Å²) in [6.45, 7) is 1.51. The number of Topliss-reactive ketones (excluding diaryl/α,β-unsaturated/α-hetero) is 1. The van der Waals surface area contributed by atoms with E-state index in [4.69, 9.17) is 34.2 Å². The van der Waals surface area contributed by atoms with E-state index in [1.807, 2.05) is 0 Å². The van der Waals surface area contributed by atoms with Crippen LogP contribution in [0.2, 0.25) is 0 Å². The smallest absolute Gasteiger partial charge is 0.343 e. The van der Waals surface area contributed by atoms with E-state index in [1.165, 1.54) is 110 Å². The van der Waals surface area contributed by atoms with Gasteiger partial charge in [-0.2, -0.15) is 0 Å². The summed E-state index contributed by atoms with van der Waals surface area (Å²) in [5.41, 5.74) is 3.05. The Morgan fingerprint density at radius 3 is 1.21 bits per heavy atom. The summed E-state index contributed by atoms with van der Waals surface area (Å²) >= 11 is 0. The van der Waals surface area contributed by atoms with Crippen LogP contribution >= 0.6 is 0 Å². The maximum absolute atomic E-state index is 14.9. The second-order valence-corrected chi connectivity index (χ2v) is 16.2. The van der Waals surface area contributed by atoms with Gasteiger partial charge in [-0.1, -0.05) is 103 Å². The van der Waals surface area contributed by atoms with Gasteiger partial charge >= 0.3 is 35.8 Å². The molecule has 2 bridgehead atoms. The topological polar surface area (TPSA) is 218 Å². The predicted octanol–water partition coefficient (Wildman–Crippen LogP) is 8.32. The average molecular weight is 936 g/mol. The molecule has 7 aromatic carbocycles. The van der Waals surface area contributed by atoms with Crippen molar-refractivity contribution in [3.8, 4) is 28.7 Å². The third-order valence-corrected chi connectivity index (χ3v) is 11.9. The van der Waals surface area contributed by atoms with E-state index < -0.39 is 105 Å². The molecule has 1 saturated heterocycles. The highest BCUT2D eigenvalue weighted by Crippen LogP contribution is 2.58. The van der Waals surface area contributed by atoms with Gasteiger partial charge in [-0.3, -0.25) is 14.4 Å². The number of fused-ring (bicyclic) bond motifs is 4. The van der Waals surface area contributed by atoms with Crippen LogP contribution in [0.3, 0.4) is 0 Å². The highest BCUT2D eigenvalue weighted by molar-refractivity contribution is 6.15. The normalized spacial score (nSPS) is 16.5. The van der Waals surface area contributed by atoms with Crippen molar-refractivity contribution in [3.05, 3.63) is 220 Å². The van der Waals surface area contributed by atoms with Gasteiger partial charge < -0.3 is 34.2 Å². The van der Waals surface area contributed by atoms with Crippen molar-refractivity contribution in [2.24, 2.45) is 17.6 Å². The Labute approximate surface area is 398 Å². The van der Waals surface area contributed by atoms with Gasteiger partial charge in [0.05, 0.1) is 33.4 Å². The SMILES string of the molecule is C[C@@]12OC(=O)C(C(=O)c3c(OC(=O)c4ccccc4)cccc31)C2Cc1c(OC(=O)c2ccccc2)c(OC(=O)c2ccccc2)c(C(N)=O)c(OC(=O)c2ccccc2)c1OC(=O)c1ccccc1. The molecule has 15 nitrogen and oxygen atoms in total. The van der Waals surface area contributed by atoms with Gasteiger partial charge in [0.25, 0.3) is 5.91 Å². The summed E-state index contributed by atoms with van der Waals surface area (Å²) in [5, 5.41) is 0. The lowest BCUT2D eigenvalue weighted by Crippen LogP contribution is -2.41. The van der Waals surface area contributed by atoms with E-state index in [9.17, 15) is 38.4 Å². The number of ether oxygens (including phenoxy) is 6. The van der Waals surface area contributed by atoms with E-state index in [1.54, 1.807) is 66.7 Å². The summed E-state index contributed by atoms with van der Waals surface area (Å²) < 4.78 is 36.1. The molecule has 0 aromatic heterocycles. The molecule has 2 unspecified atom stereocenters. The van der Waals surface area contributed by atoms with E-state index in [0.717, 1.165) is 0 Å². The van der Waals surface area contributed by atoms with Crippen LogP contribution in [0.5, 0.6) is 28.7 Å². The highest BCUT2D eigenvalue weighted by Gasteiger charge is 2.62. The molecule has 0 radical (unpaired) electrons.